The molecule has 1 aromatic carbocycles. The van der Waals surface area contributed by atoms with Gasteiger partial charge in [0, 0.05) is 17.8 Å². The number of imidazole rings is 1. The van der Waals surface area contributed by atoms with E-state index in [1.54, 1.807) is 0 Å². The molecule has 0 spiro atoms. The van der Waals surface area contributed by atoms with Crippen LogP contribution >= 0.6 is 0 Å². The number of H-pyrrole nitrogens is 1. The largest absolute Gasteiger partial charge is 0.478 e. The zero-order valence-corrected chi connectivity index (χ0v) is 9.89. The molecule has 0 aliphatic heterocycles. The number of rotatable bonds is 2. The van der Waals surface area contributed by atoms with Crippen LogP contribution in [0.3, 0.4) is 0 Å². The van der Waals surface area contributed by atoms with E-state index < -0.39 is 17.6 Å². The van der Waals surface area contributed by atoms with E-state index in [1.165, 1.54) is 12.3 Å². The molecular formula is C13H7F2N3O2. The SMILES string of the molecule is O=C(O)c1ccnc2nc(-c3cc(F)cc(F)c3)[nH]c12. The predicted octanol–water partition coefficient (Wildman–Crippen LogP) is 2.60. The molecule has 0 saturated heterocycles. The van der Waals surface area contributed by atoms with Crippen molar-refractivity contribution in [3.63, 3.8) is 0 Å². The number of aromatic carboxylic acids is 1. The number of benzene rings is 1. The number of hydrogen-bond donors (Lipinski definition) is 2. The molecular weight excluding hydrogens is 268 g/mol. The van der Waals surface area contributed by atoms with Gasteiger partial charge in [0.15, 0.2) is 5.65 Å². The zero-order chi connectivity index (χ0) is 14.3. The summed E-state index contributed by atoms with van der Waals surface area (Å²) < 4.78 is 26.4. The van der Waals surface area contributed by atoms with Gasteiger partial charge in [0.05, 0.1) is 11.1 Å². The molecule has 0 bridgehead atoms. The summed E-state index contributed by atoms with van der Waals surface area (Å²) in [5.41, 5.74) is 0.548. The highest BCUT2D eigenvalue weighted by atomic mass is 19.1. The number of aromatic nitrogens is 3. The topological polar surface area (TPSA) is 78.9 Å². The molecule has 5 nitrogen and oxygen atoms in total. The number of fused-ring (bicyclic) bond motifs is 1. The Morgan fingerprint density at radius 3 is 2.55 bits per heavy atom. The van der Waals surface area contributed by atoms with E-state index in [2.05, 4.69) is 15.0 Å². The van der Waals surface area contributed by atoms with Gasteiger partial charge in [-0.3, -0.25) is 0 Å². The third-order valence-electron chi connectivity index (χ3n) is 2.76. The minimum absolute atomic E-state index is 0.00868. The van der Waals surface area contributed by atoms with Crippen molar-refractivity contribution < 1.29 is 18.7 Å². The van der Waals surface area contributed by atoms with E-state index in [4.69, 9.17) is 5.11 Å². The fourth-order valence-corrected chi connectivity index (χ4v) is 1.92. The fourth-order valence-electron chi connectivity index (χ4n) is 1.92. The van der Waals surface area contributed by atoms with Crippen molar-refractivity contribution in [3.05, 3.63) is 47.7 Å². The summed E-state index contributed by atoms with van der Waals surface area (Å²) in [7, 11) is 0. The van der Waals surface area contributed by atoms with Crippen molar-refractivity contribution in [2.45, 2.75) is 0 Å². The standard InChI is InChI=1S/C13H7F2N3O2/c14-7-3-6(4-8(15)5-7)11-17-10-9(13(19)20)1-2-16-12(10)18-11/h1-5H,(H,19,20)(H,16,17,18). The van der Waals surface area contributed by atoms with Gasteiger partial charge in [-0.1, -0.05) is 0 Å². The highest BCUT2D eigenvalue weighted by Gasteiger charge is 2.14. The van der Waals surface area contributed by atoms with E-state index in [-0.39, 0.29) is 28.1 Å². The lowest BCUT2D eigenvalue weighted by Crippen LogP contribution is -1.97. The van der Waals surface area contributed by atoms with Crippen LogP contribution in [0.2, 0.25) is 0 Å². The number of carboxylic acids is 1. The summed E-state index contributed by atoms with van der Waals surface area (Å²) in [5.74, 6) is -2.48. The predicted molar refractivity (Wildman–Crippen MR) is 66.2 cm³/mol. The average Bonchev–Trinajstić information content (AvgIpc) is 2.80. The van der Waals surface area contributed by atoms with Crippen LogP contribution in [0.5, 0.6) is 0 Å². The minimum Gasteiger partial charge on any atom is -0.478 e. The highest BCUT2D eigenvalue weighted by molar-refractivity contribution is 6.00. The lowest BCUT2D eigenvalue weighted by Gasteiger charge is -1.97. The molecule has 0 saturated carbocycles. The van der Waals surface area contributed by atoms with E-state index in [1.807, 2.05) is 0 Å². The lowest BCUT2D eigenvalue weighted by atomic mass is 10.2. The number of nitrogens with one attached hydrogen (secondary N) is 1. The van der Waals surface area contributed by atoms with E-state index in [0.717, 1.165) is 18.2 Å². The van der Waals surface area contributed by atoms with Crippen LogP contribution in [-0.2, 0) is 0 Å². The Labute approximate surface area is 110 Å². The van der Waals surface area contributed by atoms with Crippen molar-refractivity contribution >= 4 is 17.1 Å². The second-order valence-corrected chi connectivity index (χ2v) is 4.11. The summed E-state index contributed by atoms with van der Waals surface area (Å²) in [6.07, 6.45) is 1.31. The summed E-state index contributed by atoms with van der Waals surface area (Å²) in [6, 6.07) is 4.26. The van der Waals surface area contributed by atoms with E-state index in [9.17, 15) is 13.6 Å². The molecule has 2 N–H and O–H groups in total. The molecule has 2 aromatic heterocycles. The molecule has 0 amide bonds. The summed E-state index contributed by atoms with van der Waals surface area (Å²) in [6.45, 7) is 0. The normalized spacial score (nSPS) is 10.9. The van der Waals surface area contributed by atoms with E-state index >= 15 is 0 Å². The maximum Gasteiger partial charge on any atom is 0.338 e. The van der Waals surface area contributed by atoms with Crippen LogP contribution in [0, 0.1) is 11.6 Å². The van der Waals surface area contributed by atoms with E-state index in [0.29, 0.717) is 0 Å². The van der Waals surface area contributed by atoms with Gasteiger partial charge in [0.25, 0.3) is 0 Å². The average molecular weight is 275 g/mol. The monoisotopic (exact) mass is 275 g/mol. The molecule has 0 aliphatic carbocycles. The van der Waals surface area contributed by atoms with Crippen molar-refractivity contribution in [3.8, 4) is 11.4 Å². The first-order chi connectivity index (χ1) is 9.54. The van der Waals surface area contributed by atoms with Gasteiger partial charge < -0.3 is 10.1 Å². The van der Waals surface area contributed by atoms with Crippen molar-refractivity contribution in [2.24, 2.45) is 0 Å². The molecule has 0 radical (unpaired) electrons. The summed E-state index contributed by atoms with van der Waals surface area (Å²) in [4.78, 5) is 21.8. The molecule has 3 aromatic rings. The number of aromatic amines is 1. The quantitative estimate of drug-likeness (QED) is 0.753. The number of halogens is 2. The van der Waals surface area contributed by atoms with Gasteiger partial charge in [-0.05, 0) is 18.2 Å². The van der Waals surface area contributed by atoms with Gasteiger partial charge in [-0.15, -0.1) is 0 Å². The van der Waals surface area contributed by atoms with Crippen molar-refractivity contribution in [2.75, 3.05) is 0 Å². The van der Waals surface area contributed by atoms with Gasteiger partial charge >= 0.3 is 5.97 Å². The summed E-state index contributed by atoms with van der Waals surface area (Å²) in [5, 5.41) is 9.06. The summed E-state index contributed by atoms with van der Waals surface area (Å²) >= 11 is 0. The molecule has 7 heteroatoms. The minimum atomic E-state index is -1.14. The Morgan fingerprint density at radius 1 is 1.20 bits per heavy atom. The Balaban J connectivity index is 2.23. The first kappa shape index (κ1) is 12.2. The Bertz CT molecular complexity index is 809. The van der Waals surface area contributed by atoms with Crippen molar-refractivity contribution in [1.82, 2.24) is 15.0 Å². The Morgan fingerprint density at radius 2 is 1.90 bits per heavy atom. The second kappa shape index (κ2) is 4.37. The zero-order valence-electron chi connectivity index (χ0n) is 9.89. The molecule has 0 atom stereocenters. The van der Waals surface area contributed by atoms with Crippen LogP contribution in [0.1, 0.15) is 10.4 Å². The molecule has 0 unspecified atom stereocenters. The first-order valence-corrected chi connectivity index (χ1v) is 5.59. The molecule has 20 heavy (non-hydrogen) atoms. The number of carbonyl (C=O) groups is 1. The van der Waals surface area contributed by atoms with Crippen LogP contribution in [0.25, 0.3) is 22.6 Å². The maximum atomic E-state index is 13.2. The van der Waals surface area contributed by atoms with Gasteiger partial charge in [-0.25, -0.2) is 23.5 Å². The number of hydrogen-bond acceptors (Lipinski definition) is 3. The molecule has 2 heterocycles. The van der Waals surface area contributed by atoms with Gasteiger partial charge in [-0.2, -0.15) is 0 Å². The Kier molecular flexibility index (Phi) is 2.67. The maximum absolute atomic E-state index is 13.2. The van der Waals surface area contributed by atoms with Crippen LogP contribution in [0.4, 0.5) is 8.78 Å². The number of carboxylic acid groups (broad SMARTS) is 1. The first-order valence-electron chi connectivity index (χ1n) is 5.59. The molecule has 0 aliphatic rings. The highest BCUT2D eigenvalue weighted by Crippen LogP contribution is 2.23. The third-order valence-corrected chi connectivity index (χ3v) is 2.76. The number of pyridine rings is 1. The molecule has 100 valence electrons. The Hall–Kier alpha value is -2.83. The molecule has 3 rings (SSSR count). The number of nitrogens with zero attached hydrogens (tertiary/aromatic N) is 2. The molecule has 0 fully saturated rings. The van der Waals surface area contributed by atoms with Gasteiger partial charge in [0.2, 0.25) is 0 Å². The third kappa shape index (κ3) is 1.99. The van der Waals surface area contributed by atoms with Gasteiger partial charge in [0.1, 0.15) is 17.5 Å². The van der Waals surface area contributed by atoms with Crippen molar-refractivity contribution in [1.29, 1.82) is 0 Å². The van der Waals surface area contributed by atoms with Crippen LogP contribution in [-0.4, -0.2) is 26.0 Å². The fraction of sp³-hybridized carbons (Fsp3) is 0. The smallest absolute Gasteiger partial charge is 0.338 e. The van der Waals surface area contributed by atoms with Crippen LogP contribution < -0.4 is 0 Å². The second-order valence-electron chi connectivity index (χ2n) is 4.11. The van der Waals surface area contributed by atoms with Crippen LogP contribution in [0.15, 0.2) is 30.5 Å². The lowest BCUT2D eigenvalue weighted by molar-refractivity contribution is 0.0698.